The Morgan fingerprint density at radius 1 is 1.14 bits per heavy atom. The van der Waals surface area contributed by atoms with Crippen molar-refractivity contribution in [1.82, 2.24) is 4.98 Å². The number of anilines is 1. The van der Waals surface area contributed by atoms with Crippen LogP contribution >= 0.6 is 11.3 Å². The zero-order valence-electron chi connectivity index (χ0n) is 15.0. The lowest BCUT2D eigenvalue weighted by Gasteiger charge is -2.03. The van der Waals surface area contributed by atoms with Gasteiger partial charge in [0.25, 0.3) is 0 Å². The number of benzene rings is 2. The van der Waals surface area contributed by atoms with Crippen LogP contribution in [0.2, 0.25) is 0 Å². The van der Waals surface area contributed by atoms with Crippen molar-refractivity contribution in [3.05, 3.63) is 70.2 Å². The molecule has 1 amide bonds. The molecule has 0 aliphatic carbocycles. The van der Waals surface area contributed by atoms with Crippen molar-refractivity contribution in [2.24, 2.45) is 0 Å². The van der Waals surface area contributed by atoms with Gasteiger partial charge >= 0.3 is 0 Å². The molecule has 0 atom stereocenters. The van der Waals surface area contributed by atoms with Crippen LogP contribution in [0.4, 0.5) is 5.13 Å². The molecule has 2 aromatic carbocycles. The topological polar surface area (TPSA) is 84.2 Å². The summed E-state index contributed by atoms with van der Waals surface area (Å²) in [5, 5.41) is 12.3. The number of rotatable bonds is 6. The van der Waals surface area contributed by atoms with E-state index in [0.717, 1.165) is 33.9 Å². The highest BCUT2D eigenvalue weighted by Gasteiger charge is 2.14. The van der Waals surface area contributed by atoms with Gasteiger partial charge in [0.2, 0.25) is 12.7 Å². The van der Waals surface area contributed by atoms with Gasteiger partial charge in [-0.15, -0.1) is 11.3 Å². The first-order valence-electron chi connectivity index (χ1n) is 8.82. The molecule has 0 saturated heterocycles. The molecule has 0 spiro atoms. The van der Waals surface area contributed by atoms with Gasteiger partial charge in [-0.25, -0.2) is 4.98 Å². The molecule has 1 aliphatic heterocycles. The van der Waals surface area contributed by atoms with E-state index in [1.165, 1.54) is 11.3 Å². The van der Waals surface area contributed by atoms with E-state index in [0.29, 0.717) is 23.5 Å². The Bertz CT molecular complexity index is 1040. The van der Waals surface area contributed by atoms with Crippen LogP contribution in [0, 0.1) is 11.3 Å². The zero-order valence-corrected chi connectivity index (χ0v) is 15.8. The van der Waals surface area contributed by atoms with Crippen molar-refractivity contribution >= 4 is 22.4 Å². The number of amides is 1. The molecule has 1 aliphatic rings. The first-order chi connectivity index (χ1) is 13.7. The van der Waals surface area contributed by atoms with E-state index in [1.54, 1.807) is 18.3 Å². The highest BCUT2D eigenvalue weighted by atomic mass is 32.1. The standard InChI is InChI=1S/C21H17N3O3S/c22-11-16-3-1-14(2-4-16)9-17-12-23-21(28-17)24-20(25)8-6-15-5-7-18-19(10-15)27-13-26-18/h1-5,7,10,12H,6,8-9,13H2,(H,23,24,25). The number of aromatic nitrogens is 1. The van der Waals surface area contributed by atoms with Crippen LogP contribution in [0.3, 0.4) is 0 Å². The monoisotopic (exact) mass is 391 g/mol. The van der Waals surface area contributed by atoms with Crippen molar-refractivity contribution in [1.29, 1.82) is 5.26 Å². The number of ether oxygens (including phenoxy) is 2. The number of nitrogens with zero attached hydrogens (tertiary/aromatic N) is 2. The fourth-order valence-electron chi connectivity index (χ4n) is 2.88. The number of carbonyl (C=O) groups is 1. The van der Waals surface area contributed by atoms with Crippen LogP contribution in [0.15, 0.2) is 48.7 Å². The Morgan fingerprint density at radius 2 is 1.93 bits per heavy atom. The van der Waals surface area contributed by atoms with Crippen LogP contribution in [0.1, 0.15) is 28.0 Å². The molecule has 7 heteroatoms. The Balaban J connectivity index is 1.29. The van der Waals surface area contributed by atoms with E-state index in [2.05, 4.69) is 16.4 Å². The van der Waals surface area contributed by atoms with Gasteiger partial charge in [0.1, 0.15) is 0 Å². The number of nitriles is 1. The summed E-state index contributed by atoms with van der Waals surface area (Å²) in [5.74, 6) is 1.40. The SMILES string of the molecule is N#Cc1ccc(Cc2cnc(NC(=O)CCc3ccc4c(c3)OCO4)s2)cc1. The fourth-order valence-corrected chi connectivity index (χ4v) is 3.74. The number of hydrogen-bond donors (Lipinski definition) is 1. The van der Waals surface area contributed by atoms with Crippen molar-refractivity contribution in [3.63, 3.8) is 0 Å². The van der Waals surface area contributed by atoms with Crippen molar-refractivity contribution in [2.75, 3.05) is 12.1 Å². The summed E-state index contributed by atoms with van der Waals surface area (Å²) >= 11 is 1.46. The van der Waals surface area contributed by atoms with Gasteiger partial charge in [-0.1, -0.05) is 18.2 Å². The van der Waals surface area contributed by atoms with Gasteiger partial charge in [-0.2, -0.15) is 5.26 Å². The molecule has 140 valence electrons. The summed E-state index contributed by atoms with van der Waals surface area (Å²) in [6, 6.07) is 15.3. The second kappa shape index (κ2) is 8.11. The van der Waals surface area contributed by atoms with Gasteiger partial charge in [-0.3, -0.25) is 4.79 Å². The molecule has 28 heavy (non-hydrogen) atoms. The number of thiazole rings is 1. The van der Waals surface area contributed by atoms with Crippen LogP contribution in [0.25, 0.3) is 0 Å². The zero-order chi connectivity index (χ0) is 19.3. The summed E-state index contributed by atoms with van der Waals surface area (Å²) in [7, 11) is 0. The van der Waals surface area contributed by atoms with Gasteiger partial charge in [0, 0.05) is 23.9 Å². The third kappa shape index (κ3) is 4.30. The average Bonchev–Trinajstić information content (AvgIpc) is 3.36. The van der Waals surface area contributed by atoms with Gasteiger partial charge in [-0.05, 0) is 41.8 Å². The van der Waals surface area contributed by atoms with Crippen molar-refractivity contribution in [3.8, 4) is 17.6 Å². The van der Waals surface area contributed by atoms with Crippen LogP contribution in [0.5, 0.6) is 11.5 Å². The molecule has 0 bridgehead atoms. The molecule has 3 aromatic rings. The van der Waals surface area contributed by atoms with Crippen LogP contribution < -0.4 is 14.8 Å². The third-order valence-electron chi connectivity index (χ3n) is 4.34. The Hall–Kier alpha value is -3.37. The summed E-state index contributed by atoms with van der Waals surface area (Å²) < 4.78 is 10.7. The van der Waals surface area contributed by atoms with Crippen molar-refractivity contribution < 1.29 is 14.3 Å². The minimum atomic E-state index is -0.0723. The molecule has 0 unspecified atom stereocenters. The lowest BCUT2D eigenvalue weighted by molar-refractivity contribution is -0.116. The van der Waals surface area contributed by atoms with Gasteiger partial charge in [0.15, 0.2) is 16.6 Å². The molecule has 1 N–H and O–H groups in total. The van der Waals surface area contributed by atoms with Gasteiger partial charge < -0.3 is 14.8 Å². The lowest BCUT2D eigenvalue weighted by Crippen LogP contribution is -2.12. The summed E-state index contributed by atoms with van der Waals surface area (Å²) in [4.78, 5) is 17.6. The smallest absolute Gasteiger partial charge is 0.231 e. The number of fused-ring (bicyclic) bond motifs is 1. The predicted octanol–water partition coefficient (Wildman–Crippen LogP) is 3.91. The third-order valence-corrected chi connectivity index (χ3v) is 5.25. The van der Waals surface area contributed by atoms with E-state index < -0.39 is 0 Å². The molecular formula is C21H17N3O3S. The van der Waals surface area contributed by atoms with E-state index in [1.807, 2.05) is 30.3 Å². The summed E-state index contributed by atoms with van der Waals surface area (Å²) in [6.45, 7) is 0.244. The number of aryl methyl sites for hydroxylation is 1. The molecule has 0 radical (unpaired) electrons. The number of nitrogens with one attached hydrogen (secondary N) is 1. The Labute approximate surface area is 166 Å². The molecule has 0 fully saturated rings. The molecule has 4 rings (SSSR count). The van der Waals surface area contributed by atoms with E-state index in [4.69, 9.17) is 14.7 Å². The fraction of sp³-hybridized carbons (Fsp3) is 0.190. The predicted molar refractivity (Wildman–Crippen MR) is 106 cm³/mol. The Morgan fingerprint density at radius 3 is 2.75 bits per heavy atom. The quantitative estimate of drug-likeness (QED) is 0.689. The van der Waals surface area contributed by atoms with Gasteiger partial charge in [0.05, 0.1) is 11.6 Å². The second-order valence-corrected chi connectivity index (χ2v) is 7.47. The highest BCUT2D eigenvalue weighted by molar-refractivity contribution is 7.15. The minimum absolute atomic E-state index is 0.0723. The second-order valence-electron chi connectivity index (χ2n) is 6.35. The first kappa shape index (κ1) is 18.0. The molecule has 6 nitrogen and oxygen atoms in total. The first-order valence-corrected chi connectivity index (χ1v) is 9.63. The maximum atomic E-state index is 12.2. The number of hydrogen-bond acceptors (Lipinski definition) is 6. The van der Waals surface area contributed by atoms with Crippen molar-refractivity contribution in [2.45, 2.75) is 19.3 Å². The highest BCUT2D eigenvalue weighted by Crippen LogP contribution is 2.32. The van der Waals surface area contributed by atoms with E-state index in [9.17, 15) is 4.79 Å². The van der Waals surface area contributed by atoms with E-state index >= 15 is 0 Å². The van der Waals surface area contributed by atoms with Crippen LogP contribution in [-0.2, 0) is 17.6 Å². The molecule has 2 heterocycles. The largest absolute Gasteiger partial charge is 0.454 e. The Kier molecular flexibility index (Phi) is 5.22. The molecule has 1 aromatic heterocycles. The average molecular weight is 391 g/mol. The molecular weight excluding hydrogens is 374 g/mol. The lowest BCUT2D eigenvalue weighted by atomic mass is 10.1. The maximum Gasteiger partial charge on any atom is 0.231 e. The minimum Gasteiger partial charge on any atom is -0.454 e. The maximum absolute atomic E-state index is 12.2. The number of carbonyl (C=O) groups excluding carboxylic acids is 1. The van der Waals surface area contributed by atoms with E-state index in [-0.39, 0.29) is 12.7 Å². The van der Waals surface area contributed by atoms with Crippen LogP contribution in [-0.4, -0.2) is 17.7 Å². The summed E-state index contributed by atoms with van der Waals surface area (Å²) in [5.41, 5.74) is 2.77. The summed E-state index contributed by atoms with van der Waals surface area (Å²) in [6.07, 6.45) is 3.48. The molecule has 0 saturated carbocycles. The normalized spacial score (nSPS) is 11.8.